The third-order valence-electron chi connectivity index (χ3n) is 13.0. The molecule has 0 fully saturated rings. The Morgan fingerprint density at radius 2 is 0.600 bits per heavy atom. The molecule has 8 bridgehead atoms. The van der Waals surface area contributed by atoms with Gasteiger partial charge in [0.2, 0.25) is 0 Å². The predicted molar refractivity (Wildman–Crippen MR) is 289 cm³/mol. The number of aromatic nitrogens is 6. The molecule has 0 spiro atoms. The average molecular weight is 901 g/mol. The monoisotopic (exact) mass is 900 g/mol. The number of rotatable bonds is 4. The smallest absolute Gasteiger partial charge is 0.0737 e. The number of H-pyrrole nitrogens is 2. The highest BCUT2D eigenvalue weighted by atomic mass is 14.8. The van der Waals surface area contributed by atoms with Gasteiger partial charge in [-0.1, -0.05) is 83.3 Å². The topological polar surface area (TPSA) is 83.1 Å². The first-order chi connectivity index (χ1) is 34.1. The number of hydrogen-bond acceptors (Lipinski definition) is 4. The van der Waals surface area contributed by atoms with Crippen molar-refractivity contribution in [2.24, 2.45) is 0 Å². The summed E-state index contributed by atoms with van der Waals surface area (Å²) in [6.45, 7) is 13.1. The minimum atomic E-state index is 0.839. The summed E-state index contributed by atoms with van der Waals surface area (Å²) in [5, 5.41) is 0. The molecule has 2 aliphatic rings. The third-order valence-corrected chi connectivity index (χ3v) is 13.0. The van der Waals surface area contributed by atoms with E-state index in [1.54, 1.807) is 24.8 Å². The Morgan fingerprint density at radius 3 is 0.929 bits per heavy atom. The lowest BCUT2D eigenvalue weighted by Gasteiger charge is -2.14. The molecule has 0 amide bonds. The molecule has 0 radical (unpaired) electrons. The summed E-state index contributed by atoms with van der Waals surface area (Å²) in [5.41, 5.74) is 26.5. The Balaban J connectivity index is 1.22. The van der Waals surface area contributed by atoms with Gasteiger partial charge in [0.05, 0.1) is 22.8 Å². The van der Waals surface area contributed by atoms with Crippen LogP contribution in [-0.2, 0) is 0 Å². The first-order valence-corrected chi connectivity index (χ1v) is 23.5. The predicted octanol–water partition coefficient (Wildman–Crippen LogP) is 14.8. The summed E-state index contributed by atoms with van der Waals surface area (Å²) in [6, 6.07) is 42.4. The molecule has 6 nitrogen and oxygen atoms in total. The first kappa shape index (κ1) is 43.5. The van der Waals surface area contributed by atoms with Crippen LogP contribution in [0.15, 0.2) is 146 Å². The Morgan fingerprint density at radius 1 is 0.314 bits per heavy atom. The third kappa shape index (κ3) is 8.45. The summed E-state index contributed by atoms with van der Waals surface area (Å²) in [6.07, 6.45) is 15.7. The molecule has 4 aromatic carbocycles. The number of nitrogens with zero attached hydrogens (tertiary/aromatic N) is 4. The molecule has 0 atom stereocenters. The zero-order valence-electron chi connectivity index (χ0n) is 40.0. The summed E-state index contributed by atoms with van der Waals surface area (Å²) in [5.74, 6) is 13.2. The van der Waals surface area contributed by atoms with E-state index in [0.29, 0.717) is 0 Å². The first-order valence-electron chi connectivity index (χ1n) is 23.5. The zero-order chi connectivity index (χ0) is 47.9. The second-order valence-electron chi connectivity index (χ2n) is 18.2. The molecule has 334 valence electrons. The number of aromatic amines is 2. The van der Waals surface area contributed by atoms with Crippen molar-refractivity contribution in [2.75, 3.05) is 0 Å². The van der Waals surface area contributed by atoms with E-state index in [-0.39, 0.29) is 0 Å². The summed E-state index contributed by atoms with van der Waals surface area (Å²) < 4.78 is 0. The van der Waals surface area contributed by atoms with E-state index in [1.807, 2.05) is 24.3 Å². The van der Waals surface area contributed by atoms with Crippen molar-refractivity contribution in [1.29, 1.82) is 0 Å². The Bertz CT molecular complexity index is 3620. The maximum Gasteiger partial charge on any atom is 0.0737 e. The Labute approximate surface area is 408 Å². The molecule has 0 saturated heterocycles. The van der Waals surface area contributed by atoms with Crippen LogP contribution in [0.2, 0.25) is 0 Å². The van der Waals surface area contributed by atoms with E-state index in [1.165, 1.54) is 33.4 Å². The summed E-state index contributed by atoms with van der Waals surface area (Å²) >= 11 is 0. The van der Waals surface area contributed by atoms with Crippen LogP contribution in [0.25, 0.3) is 90.9 Å². The molecule has 0 aliphatic carbocycles. The molecule has 9 aromatic rings. The highest BCUT2D eigenvalue weighted by Gasteiger charge is 2.22. The van der Waals surface area contributed by atoms with Crippen LogP contribution in [0.5, 0.6) is 0 Å². The zero-order valence-corrected chi connectivity index (χ0v) is 40.0. The molecular formula is C64H48N6. The number of hydrogen-bond donors (Lipinski definition) is 2. The normalized spacial score (nSPS) is 11.5. The van der Waals surface area contributed by atoms with Crippen LogP contribution >= 0.6 is 0 Å². The van der Waals surface area contributed by atoms with Gasteiger partial charge in [0, 0.05) is 91.4 Å². The van der Waals surface area contributed by atoms with Gasteiger partial charge < -0.3 is 9.97 Å². The quantitative estimate of drug-likeness (QED) is 0.172. The fourth-order valence-electron chi connectivity index (χ4n) is 10.1. The lowest BCUT2D eigenvalue weighted by atomic mass is 9.92. The standard InChI is InChI=1S/C64H48N6/c1-39-35-41(3)59(42(4)36-39)63-55-23-21-53(68-55)61(49-15-11-45(12-16-49)7-9-47-27-31-65-32-28-47)51-19-20-52(67-51)62(50-17-13-46(14-18-50)8-10-48-29-33-66-34-30-48)54-22-24-56(69-54)64(58-26-25-57(63)70-58)60-43(5)37-40(2)38-44(60)6/h11-38,68-69H,1-6H3. The van der Waals surface area contributed by atoms with Crippen molar-refractivity contribution in [1.82, 2.24) is 29.9 Å². The molecular weight excluding hydrogens is 853 g/mol. The van der Waals surface area contributed by atoms with Gasteiger partial charge >= 0.3 is 0 Å². The van der Waals surface area contributed by atoms with Gasteiger partial charge in [-0.15, -0.1) is 0 Å². The maximum atomic E-state index is 5.62. The van der Waals surface area contributed by atoms with Crippen LogP contribution in [0.1, 0.15) is 78.4 Å². The average Bonchev–Trinajstić information content (AvgIpc) is 4.22. The van der Waals surface area contributed by atoms with Crippen LogP contribution in [0.4, 0.5) is 0 Å². The van der Waals surface area contributed by atoms with E-state index in [9.17, 15) is 0 Å². The fourth-order valence-corrected chi connectivity index (χ4v) is 10.1. The van der Waals surface area contributed by atoms with Gasteiger partial charge in [0.1, 0.15) is 0 Å². The van der Waals surface area contributed by atoms with Crippen LogP contribution in [-0.4, -0.2) is 29.9 Å². The van der Waals surface area contributed by atoms with Crippen molar-refractivity contribution in [3.8, 4) is 68.2 Å². The molecule has 7 heterocycles. The van der Waals surface area contributed by atoms with Crippen molar-refractivity contribution in [3.63, 3.8) is 0 Å². The summed E-state index contributed by atoms with van der Waals surface area (Å²) in [7, 11) is 0. The Kier molecular flexibility index (Phi) is 11.3. The van der Waals surface area contributed by atoms with Gasteiger partial charge in [-0.25, -0.2) is 9.97 Å². The highest BCUT2D eigenvalue weighted by Crippen LogP contribution is 2.41. The van der Waals surface area contributed by atoms with E-state index in [0.717, 1.165) is 112 Å². The molecule has 0 saturated carbocycles. The van der Waals surface area contributed by atoms with Crippen molar-refractivity contribution in [2.45, 2.75) is 41.5 Å². The van der Waals surface area contributed by atoms with Crippen molar-refractivity contribution in [3.05, 3.63) is 225 Å². The second-order valence-corrected chi connectivity index (χ2v) is 18.2. The van der Waals surface area contributed by atoms with Crippen LogP contribution in [0.3, 0.4) is 0 Å². The molecule has 2 aliphatic heterocycles. The fraction of sp³-hybridized carbons (Fsp3) is 0.0938. The Hall–Kier alpha value is -9.10. The molecule has 11 rings (SSSR count). The number of pyridine rings is 2. The number of benzene rings is 4. The maximum absolute atomic E-state index is 5.62. The van der Waals surface area contributed by atoms with Gasteiger partial charge in [0.25, 0.3) is 0 Å². The lowest BCUT2D eigenvalue weighted by Crippen LogP contribution is -1.95. The van der Waals surface area contributed by atoms with E-state index in [2.05, 4.69) is 207 Å². The lowest BCUT2D eigenvalue weighted by molar-refractivity contribution is 1.27. The van der Waals surface area contributed by atoms with E-state index in [4.69, 9.17) is 9.97 Å². The molecule has 0 unspecified atom stereocenters. The molecule has 2 N–H and O–H groups in total. The molecule has 5 aromatic heterocycles. The van der Waals surface area contributed by atoms with Crippen LogP contribution < -0.4 is 0 Å². The minimum Gasteiger partial charge on any atom is -0.354 e. The number of nitrogens with one attached hydrogen (secondary N) is 2. The largest absolute Gasteiger partial charge is 0.354 e. The molecule has 70 heavy (non-hydrogen) atoms. The van der Waals surface area contributed by atoms with Gasteiger partial charge in [0.15, 0.2) is 0 Å². The van der Waals surface area contributed by atoms with Crippen LogP contribution in [0, 0.1) is 65.2 Å². The highest BCUT2D eigenvalue weighted by molar-refractivity contribution is 6.01. The summed E-state index contributed by atoms with van der Waals surface area (Å²) in [4.78, 5) is 27.3. The minimum absolute atomic E-state index is 0.839. The van der Waals surface area contributed by atoms with Crippen molar-refractivity contribution < 1.29 is 0 Å². The SMILES string of the molecule is Cc1cc(C)c(-c2c3nc(c(-c4c(C)cc(C)cc4C)c4ccc([nH]4)c(-c4ccc(C#Cc5ccncc5)cc4)c4nc(c(-c5ccc(C#Cc6ccncc6)cc5)c5ccc2[nH]5)C=C4)C=C3)c(C)c1. The van der Waals surface area contributed by atoms with Gasteiger partial charge in [-0.3, -0.25) is 9.97 Å². The van der Waals surface area contributed by atoms with E-state index >= 15 is 0 Å². The number of fused-ring (bicyclic) bond motifs is 8. The second kappa shape index (κ2) is 18.2. The van der Waals surface area contributed by atoms with E-state index < -0.39 is 0 Å². The molecule has 6 heteroatoms. The van der Waals surface area contributed by atoms with Crippen molar-refractivity contribution >= 4 is 46.4 Å². The van der Waals surface area contributed by atoms with Gasteiger partial charge in [-0.05, 0) is 183 Å². The van der Waals surface area contributed by atoms with Gasteiger partial charge in [-0.2, -0.15) is 0 Å². The number of aryl methyl sites for hydroxylation is 6.